The molecule has 0 radical (unpaired) electrons. The fourth-order valence-corrected chi connectivity index (χ4v) is 2.06. The van der Waals surface area contributed by atoms with Crippen LogP contribution in [0, 0.1) is 0 Å². The van der Waals surface area contributed by atoms with Crippen molar-refractivity contribution in [3.8, 4) is 0 Å². The molecule has 1 aliphatic rings. The van der Waals surface area contributed by atoms with Gasteiger partial charge in [-0.3, -0.25) is 5.32 Å². The summed E-state index contributed by atoms with van der Waals surface area (Å²) in [5.41, 5.74) is 0. The highest BCUT2D eigenvalue weighted by Crippen LogP contribution is 2.10. The highest BCUT2D eigenvalue weighted by atomic mass is 16.2. The van der Waals surface area contributed by atoms with Gasteiger partial charge < -0.3 is 9.80 Å². The van der Waals surface area contributed by atoms with E-state index in [4.69, 9.17) is 0 Å². The number of amides is 2. The smallest absolute Gasteiger partial charge is 0.319 e. The van der Waals surface area contributed by atoms with Crippen molar-refractivity contribution in [3.63, 3.8) is 0 Å². The molecule has 0 spiro atoms. The van der Waals surface area contributed by atoms with Gasteiger partial charge in [0.1, 0.15) is 5.82 Å². The van der Waals surface area contributed by atoms with Gasteiger partial charge in [-0.2, -0.15) is 0 Å². The largest absolute Gasteiger partial charge is 0.323 e. The minimum absolute atomic E-state index is 0.0655. The Morgan fingerprint density at radius 1 is 1.47 bits per heavy atom. The molecule has 2 heterocycles. The van der Waals surface area contributed by atoms with Gasteiger partial charge in [0, 0.05) is 31.9 Å². The summed E-state index contributed by atoms with van der Waals surface area (Å²) >= 11 is 0. The van der Waals surface area contributed by atoms with E-state index in [1.807, 2.05) is 17.0 Å². The quantitative estimate of drug-likeness (QED) is 0.795. The number of rotatable bonds is 1. The lowest BCUT2D eigenvalue weighted by Crippen LogP contribution is -2.54. The van der Waals surface area contributed by atoms with Crippen LogP contribution in [0.5, 0.6) is 0 Å². The number of hydrogen-bond acceptors (Lipinski definition) is 3. The normalized spacial score (nSPS) is 21.3. The topological polar surface area (TPSA) is 48.5 Å². The summed E-state index contributed by atoms with van der Waals surface area (Å²) < 4.78 is 0. The molecule has 1 saturated heterocycles. The van der Waals surface area contributed by atoms with Crippen molar-refractivity contribution in [2.45, 2.75) is 13.0 Å². The molecule has 0 aromatic carbocycles. The maximum atomic E-state index is 12.0. The number of aromatic nitrogens is 1. The molecule has 1 unspecified atom stereocenters. The van der Waals surface area contributed by atoms with Crippen molar-refractivity contribution in [1.82, 2.24) is 14.8 Å². The Morgan fingerprint density at radius 2 is 2.29 bits per heavy atom. The average molecular weight is 234 g/mol. The first-order valence-corrected chi connectivity index (χ1v) is 5.84. The zero-order valence-electron chi connectivity index (χ0n) is 10.3. The number of nitrogens with zero attached hydrogens (tertiary/aromatic N) is 3. The maximum absolute atomic E-state index is 12.0. The lowest BCUT2D eigenvalue weighted by atomic mass is 10.2. The van der Waals surface area contributed by atoms with E-state index >= 15 is 0 Å². The summed E-state index contributed by atoms with van der Waals surface area (Å²) in [6.45, 7) is 4.65. The zero-order chi connectivity index (χ0) is 12.3. The standard InChI is InChI=1S/C12H18N4O/c1-10-9-15(2)7-8-16(10)12(17)14-11-5-3-4-6-13-11/h3-6,10H,7-9H2,1-2H3,(H,13,14,17). The number of anilines is 1. The first-order chi connectivity index (χ1) is 8.16. The number of carbonyl (C=O) groups is 1. The first-order valence-electron chi connectivity index (χ1n) is 5.84. The number of carbonyl (C=O) groups excluding carboxylic acids is 1. The van der Waals surface area contributed by atoms with Gasteiger partial charge in [-0.25, -0.2) is 9.78 Å². The Balaban J connectivity index is 1.96. The van der Waals surface area contributed by atoms with E-state index in [0.717, 1.165) is 19.6 Å². The first kappa shape index (κ1) is 11.9. The summed E-state index contributed by atoms with van der Waals surface area (Å²) in [5, 5.41) is 2.81. The SMILES string of the molecule is CC1CN(C)CCN1C(=O)Nc1ccccn1. The lowest BCUT2D eigenvalue weighted by molar-refractivity contribution is 0.125. The van der Waals surface area contributed by atoms with Gasteiger partial charge in [0.2, 0.25) is 0 Å². The van der Waals surface area contributed by atoms with Crippen LogP contribution in [0.2, 0.25) is 0 Å². The van der Waals surface area contributed by atoms with Gasteiger partial charge in [-0.1, -0.05) is 6.07 Å². The summed E-state index contributed by atoms with van der Waals surface area (Å²) in [6, 6.07) is 5.64. The zero-order valence-corrected chi connectivity index (χ0v) is 10.3. The maximum Gasteiger partial charge on any atom is 0.323 e. The van der Waals surface area contributed by atoms with Crippen molar-refractivity contribution in [2.75, 3.05) is 32.0 Å². The molecule has 1 aromatic rings. The second-order valence-corrected chi connectivity index (χ2v) is 4.45. The molecule has 0 aliphatic carbocycles. The summed E-state index contributed by atoms with van der Waals surface area (Å²) in [5.74, 6) is 0.601. The Labute approximate surface area is 101 Å². The number of nitrogens with one attached hydrogen (secondary N) is 1. The third-order valence-electron chi connectivity index (χ3n) is 2.99. The fraction of sp³-hybridized carbons (Fsp3) is 0.500. The van der Waals surface area contributed by atoms with Crippen molar-refractivity contribution >= 4 is 11.8 Å². The molecule has 2 rings (SSSR count). The van der Waals surface area contributed by atoms with Crippen LogP contribution in [-0.2, 0) is 0 Å². The monoisotopic (exact) mass is 234 g/mol. The van der Waals surface area contributed by atoms with Gasteiger partial charge in [0.25, 0.3) is 0 Å². The van der Waals surface area contributed by atoms with Crippen LogP contribution in [0.15, 0.2) is 24.4 Å². The van der Waals surface area contributed by atoms with Crippen molar-refractivity contribution in [3.05, 3.63) is 24.4 Å². The number of urea groups is 1. The molecule has 0 bridgehead atoms. The number of hydrogen-bond donors (Lipinski definition) is 1. The van der Waals surface area contributed by atoms with Gasteiger partial charge in [0.05, 0.1) is 0 Å². The van der Waals surface area contributed by atoms with Crippen molar-refractivity contribution < 1.29 is 4.79 Å². The Bertz CT molecular complexity index is 381. The van der Waals surface area contributed by atoms with E-state index < -0.39 is 0 Å². The van der Waals surface area contributed by atoms with E-state index in [1.54, 1.807) is 12.3 Å². The third kappa shape index (κ3) is 2.94. The van der Waals surface area contributed by atoms with Gasteiger partial charge in [-0.15, -0.1) is 0 Å². The Morgan fingerprint density at radius 3 is 2.94 bits per heavy atom. The average Bonchev–Trinajstić information content (AvgIpc) is 2.30. The summed E-state index contributed by atoms with van der Waals surface area (Å²) in [4.78, 5) is 20.2. The van der Waals surface area contributed by atoms with Crippen LogP contribution in [0.1, 0.15) is 6.92 Å². The molecule has 17 heavy (non-hydrogen) atoms. The van der Waals surface area contributed by atoms with Crippen LogP contribution in [0.25, 0.3) is 0 Å². The third-order valence-corrected chi connectivity index (χ3v) is 2.99. The molecule has 5 heteroatoms. The Hall–Kier alpha value is -1.62. The van der Waals surface area contributed by atoms with Crippen molar-refractivity contribution in [2.24, 2.45) is 0 Å². The van der Waals surface area contributed by atoms with E-state index in [1.165, 1.54) is 0 Å². The summed E-state index contributed by atoms with van der Waals surface area (Å²) in [6.07, 6.45) is 1.67. The highest BCUT2D eigenvalue weighted by molar-refractivity contribution is 5.88. The predicted molar refractivity (Wildman–Crippen MR) is 66.9 cm³/mol. The number of pyridine rings is 1. The van der Waals surface area contributed by atoms with E-state index in [0.29, 0.717) is 5.82 Å². The molecule has 0 saturated carbocycles. The number of likely N-dealkylation sites (N-methyl/N-ethyl adjacent to an activating group) is 1. The molecule has 92 valence electrons. The van der Waals surface area contributed by atoms with Crippen LogP contribution in [0.4, 0.5) is 10.6 Å². The van der Waals surface area contributed by atoms with Gasteiger partial charge in [0.15, 0.2) is 0 Å². The minimum atomic E-state index is -0.0655. The molecule has 1 aromatic heterocycles. The van der Waals surface area contributed by atoms with Gasteiger partial charge in [-0.05, 0) is 26.1 Å². The second kappa shape index (κ2) is 5.14. The molecular weight excluding hydrogens is 216 g/mol. The minimum Gasteiger partial charge on any atom is -0.319 e. The van der Waals surface area contributed by atoms with Crippen molar-refractivity contribution in [1.29, 1.82) is 0 Å². The predicted octanol–water partition coefficient (Wildman–Crippen LogP) is 1.25. The molecule has 1 aliphatic heterocycles. The van der Waals surface area contributed by atoms with E-state index in [-0.39, 0.29) is 12.1 Å². The highest BCUT2D eigenvalue weighted by Gasteiger charge is 2.25. The Kier molecular flexibility index (Phi) is 3.58. The van der Waals surface area contributed by atoms with Gasteiger partial charge >= 0.3 is 6.03 Å². The van der Waals surface area contributed by atoms with Crippen LogP contribution < -0.4 is 5.32 Å². The molecule has 1 fully saturated rings. The number of piperazine rings is 1. The molecule has 2 amide bonds. The fourth-order valence-electron chi connectivity index (χ4n) is 2.06. The molecular formula is C12H18N4O. The lowest BCUT2D eigenvalue weighted by Gasteiger charge is -2.37. The molecule has 5 nitrogen and oxygen atoms in total. The second-order valence-electron chi connectivity index (χ2n) is 4.45. The van der Waals surface area contributed by atoms with Crippen LogP contribution in [0.3, 0.4) is 0 Å². The van der Waals surface area contributed by atoms with Crippen LogP contribution in [-0.4, -0.2) is 53.5 Å². The summed E-state index contributed by atoms with van der Waals surface area (Å²) in [7, 11) is 2.07. The van der Waals surface area contributed by atoms with Crippen LogP contribution >= 0.6 is 0 Å². The van der Waals surface area contributed by atoms with E-state index in [9.17, 15) is 4.79 Å². The molecule has 1 atom stereocenters. The van der Waals surface area contributed by atoms with E-state index in [2.05, 4.69) is 29.2 Å². The molecule has 1 N–H and O–H groups in total.